The van der Waals surface area contributed by atoms with Crippen molar-refractivity contribution < 1.29 is 9.53 Å². The van der Waals surface area contributed by atoms with Gasteiger partial charge in [0.1, 0.15) is 5.82 Å². The Hall–Kier alpha value is -1.86. The number of primary amides is 1. The van der Waals surface area contributed by atoms with Gasteiger partial charge in [-0.3, -0.25) is 4.79 Å². The minimum absolute atomic E-state index is 0.189. The van der Waals surface area contributed by atoms with Gasteiger partial charge in [0.25, 0.3) is 0 Å². The number of carbonyl (C=O) groups is 1. The van der Waals surface area contributed by atoms with Crippen LogP contribution in [0.1, 0.15) is 49.2 Å². The summed E-state index contributed by atoms with van der Waals surface area (Å²) in [6, 6.07) is 10.5. The van der Waals surface area contributed by atoms with E-state index in [4.69, 9.17) is 10.5 Å². The van der Waals surface area contributed by atoms with Crippen molar-refractivity contribution in [3.8, 4) is 0 Å². The number of thioether (sulfide) groups is 1. The third-order valence-corrected chi connectivity index (χ3v) is 5.99. The van der Waals surface area contributed by atoms with E-state index in [0.29, 0.717) is 11.7 Å². The molecule has 1 amide bonds. The molecule has 6 nitrogen and oxygen atoms in total. The van der Waals surface area contributed by atoms with Crippen molar-refractivity contribution in [2.24, 2.45) is 5.73 Å². The summed E-state index contributed by atoms with van der Waals surface area (Å²) in [6.07, 6.45) is 4.12. The molecule has 1 aromatic heterocycles. The molecule has 3 rings (SSSR count). The molecular weight excluding hydrogens is 348 g/mol. The molecule has 1 aliphatic heterocycles. The summed E-state index contributed by atoms with van der Waals surface area (Å²) < 4.78 is 7.92. The van der Waals surface area contributed by atoms with Gasteiger partial charge in [-0.1, -0.05) is 49.0 Å². The fourth-order valence-corrected chi connectivity index (χ4v) is 4.29. The van der Waals surface area contributed by atoms with Crippen molar-refractivity contribution >= 4 is 17.7 Å². The van der Waals surface area contributed by atoms with Crippen molar-refractivity contribution in [3.63, 3.8) is 0 Å². The van der Waals surface area contributed by atoms with Crippen LogP contribution in [-0.2, 0) is 22.5 Å². The number of ether oxygens (including phenoxy) is 1. The average molecular weight is 375 g/mol. The maximum absolute atomic E-state index is 11.2. The maximum atomic E-state index is 11.2. The molecular formula is C19H26N4O2S. The van der Waals surface area contributed by atoms with E-state index in [9.17, 15) is 4.79 Å². The maximum Gasteiger partial charge on any atom is 0.217 e. The number of nitrogens with two attached hydrogens (primary N) is 1. The van der Waals surface area contributed by atoms with Crippen molar-refractivity contribution in [3.05, 3.63) is 41.7 Å². The van der Waals surface area contributed by atoms with E-state index < -0.39 is 0 Å². The second kappa shape index (κ2) is 9.19. The molecule has 0 bridgehead atoms. The van der Waals surface area contributed by atoms with E-state index >= 15 is 0 Å². The van der Waals surface area contributed by atoms with Crippen LogP contribution in [-0.4, -0.2) is 33.4 Å². The van der Waals surface area contributed by atoms with Crippen LogP contribution in [0.3, 0.4) is 0 Å². The summed E-state index contributed by atoms with van der Waals surface area (Å²) in [6.45, 7) is 3.72. The number of aryl methyl sites for hydroxylation is 1. The SMILES string of the molecule is CC[C@H](Sc1nnc(CCC(N)=O)n1C[C@H]1CCCO1)c1ccccc1. The zero-order valence-corrected chi connectivity index (χ0v) is 16.0. The van der Waals surface area contributed by atoms with E-state index in [-0.39, 0.29) is 18.4 Å². The Labute approximate surface area is 158 Å². The first kappa shape index (κ1) is 18.9. The highest BCUT2D eigenvalue weighted by Crippen LogP contribution is 2.37. The van der Waals surface area contributed by atoms with Crippen LogP contribution >= 0.6 is 11.8 Å². The van der Waals surface area contributed by atoms with Crippen molar-refractivity contribution in [1.29, 1.82) is 0 Å². The first-order chi connectivity index (χ1) is 12.7. The lowest BCUT2D eigenvalue weighted by Crippen LogP contribution is -2.19. The topological polar surface area (TPSA) is 83.0 Å². The van der Waals surface area contributed by atoms with Gasteiger partial charge in [0.2, 0.25) is 5.91 Å². The van der Waals surface area contributed by atoms with Gasteiger partial charge in [-0.15, -0.1) is 10.2 Å². The molecule has 2 heterocycles. The highest BCUT2D eigenvalue weighted by atomic mass is 32.2. The lowest BCUT2D eigenvalue weighted by atomic mass is 10.1. The Morgan fingerprint density at radius 1 is 1.38 bits per heavy atom. The van der Waals surface area contributed by atoms with E-state index in [2.05, 4.69) is 46.0 Å². The van der Waals surface area contributed by atoms with Gasteiger partial charge in [-0.05, 0) is 24.8 Å². The van der Waals surface area contributed by atoms with Gasteiger partial charge in [-0.25, -0.2) is 0 Å². The summed E-state index contributed by atoms with van der Waals surface area (Å²) in [4.78, 5) is 11.2. The Balaban J connectivity index is 1.81. The molecule has 1 saturated heterocycles. The van der Waals surface area contributed by atoms with Crippen molar-refractivity contribution in [2.75, 3.05) is 6.61 Å². The van der Waals surface area contributed by atoms with E-state index in [1.54, 1.807) is 11.8 Å². The molecule has 0 spiro atoms. The van der Waals surface area contributed by atoms with Crippen LogP contribution in [0.2, 0.25) is 0 Å². The number of hydrogen-bond donors (Lipinski definition) is 1. The molecule has 1 aliphatic rings. The second-order valence-electron chi connectivity index (χ2n) is 6.54. The fraction of sp³-hybridized carbons (Fsp3) is 0.526. The Kier molecular flexibility index (Phi) is 6.68. The predicted octanol–water partition coefficient (Wildman–Crippen LogP) is 3.12. The monoisotopic (exact) mass is 374 g/mol. The van der Waals surface area contributed by atoms with Crippen molar-refractivity contribution in [1.82, 2.24) is 14.8 Å². The number of amides is 1. The quantitative estimate of drug-likeness (QED) is 0.682. The third kappa shape index (κ3) is 4.86. The van der Waals surface area contributed by atoms with Crippen LogP contribution in [0.15, 0.2) is 35.5 Å². The molecule has 7 heteroatoms. The zero-order chi connectivity index (χ0) is 18.4. The van der Waals surface area contributed by atoms with E-state index in [0.717, 1.165) is 43.4 Å². The van der Waals surface area contributed by atoms with Gasteiger partial charge in [0.05, 0.1) is 12.6 Å². The molecule has 1 aromatic carbocycles. The summed E-state index contributed by atoms with van der Waals surface area (Å²) in [5.41, 5.74) is 6.60. The second-order valence-corrected chi connectivity index (χ2v) is 7.71. The third-order valence-electron chi connectivity index (χ3n) is 4.59. The van der Waals surface area contributed by atoms with Crippen LogP contribution in [0.5, 0.6) is 0 Å². The minimum Gasteiger partial charge on any atom is -0.376 e. The smallest absolute Gasteiger partial charge is 0.217 e. The predicted molar refractivity (Wildman–Crippen MR) is 102 cm³/mol. The molecule has 0 aliphatic carbocycles. The molecule has 0 radical (unpaired) electrons. The van der Waals surface area contributed by atoms with Gasteiger partial charge >= 0.3 is 0 Å². The Morgan fingerprint density at radius 3 is 2.85 bits per heavy atom. The molecule has 0 saturated carbocycles. The first-order valence-electron chi connectivity index (χ1n) is 9.21. The summed E-state index contributed by atoms with van der Waals surface area (Å²) in [5, 5.41) is 9.96. The number of nitrogens with zero attached hydrogens (tertiary/aromatic N) is 3. The van der Waals surface area contributed by atoms with Crippen LogP contribution in [0.25, 0.3) is 0 Å². The van der Waals surface area contributed by atoms with Gasteiger partial charge in [0.15, 0.2) is 5.16 Å². The van der Waals surface area contributed by atoms with Gasteiger partial charge in [0, 0.05) is 24.7 Å². The highest BCUT2D eigenvalue weighted by molar-refractivity contribution is 7.99. The van der Waals surface area contributed by atoms with E-state index in [1.807, 2.05) is 6.07 Å². The molecule has 2 N–H and O–H groups in total. The zero-order valence-electron chi connectivity index (χ0n) is 15.1. The molecule has 0 unspecified atom stereocenters. The van der Waals surface area contributed by atoms with Gasteiger partial charge < -0.3 is 15.0 Å². The van der Waals surface area contributed by atoms with Crippen LogP contribution in [0, 0.1) is 0 Å². The number of hydrogen-bond acceptors (Lipinski definition) is 5. The number of rotatable bonds is 9. The summed E-state index contributed by atoms with van der Waals surface area (Å²) >= 11 is 1.72. The molecule has 1 fully saturated rings. The minimum atomic E-state index is -0.318. The van der Waals surface area contributed by atoms with E-state index in [1.165, 1.54) is 5.56 Å². The number of benzene rings is 1. The standard InChI is InChI=1S/C19H26N4O2S/c1-2-16(14-7-4-3-5-8-14)26-19-22-21-18(11-10-17(20)24)23(19)13-15-9-6-12-25-15/h3-5,7-8,15-16H,2,6,9-13H2,1H3,(H2,20,24)/t15-,16+/m1/s1. The van der Waals surface area contributed by atoms with Crippen LogP contribution in [0.4, 0.5) is 0 Å². The summed E-state index contributed by atoms with van der Waals surface area (Å²) in [5.74, 6) is 0.492. The molecule has 2 atom stereocenters. The average Bonchev–Trinajstić information content (AvgIpc) is 3.29. The molecule has 140 valence electrons. The number of aromatic nitrogens is 3. The lowest BCUT2D eigenvalue weighted by molar-refractivity contribution is -0.118. The fourth-order valence-electron chi connectivity index (χ4n) is 3.18. The van der Waals surface area contributed by atoms with Crippen molar-refractivity contribution in [2.45, 2.75) is 62.1 Å². The summed E-state index contributed by atoms with van der Waals surface area (Å²) in [7, 11) is 0. The lowest BCUT2D eigenvalue weighted by Gasteiger charge is -2.18. The Bertz CT molecular complexity index is 714. The normalized spacial score (nSPS) is 18.1. The molecule has 26 heavy (non-hydrogen) atoms. The Morgan fingerprint density at radius 2 is 2.19 bits per heavy atom. The van der Waals surface area contributed by atoms with Gasteiger partial charge in [-0.2, -0.15) is 0 Å². The van der Waals surface area contributed by atoms with Crippen LogP contribution < -0.4 is 5.73 Å². The largest absolute Gasteiger partial charge is 0.376 e. The number of carbonyl (C=O) groups excluding carboxylic acids is 1. The highest BCUT2D eigenvalue weighted by Gasteiger charge is 2.23. The first-order valence-corrected chi connectivity index (χ1v) is 10.1. The molecule has 2 aromatic rings.